The number of anilines is 1. The van der Waals surface area contributed by atoms with E-state index in [1.807, 2.05) is 38.1 Å². The first-order valence-corrected chi connectivity index (χ1v) is 6.78. The highest BCUT2D eigenvalue weighted by atomic mass is 35.5. The van der Waals surface area contributed by atoms with Gasteiger partial charge >= 0.3 is 0 Å². The van der Waals surface area contributed by atoms with Gasteiger partial charge in [-0.05, 0) is 49.7 Å². The van der Waals surface area contributed by atoms with Crippen molar-refractivity contribution < 1.29 is 9.84 Å². The number of aryl methyl sites for hydroxylation is 1. The largest absolute Gasteiger partial charge is 0.508 e. The zero-order chi connectivity index (χ0) is 14.7. The molecular weight excluding hydrogens is 274 g/mol. The standard InChI is InChI=1S/C16H18ClNO2/c1-10-4-6-15(14(17)8-10)18-11(2)13-9-12(20-3)5-7-16(13)19/h4-9,11,18-19H,1-3H3. The van der Waals surface area contributed by atoms with E-state index in [1.54, 1.807) is 19.2 Å². The van der Waals surface area contributed by atoms with Crippen LogP contribution in [0.5, 0.6) is 11.5 Å². The first-order valence-electron chi connectivity index (χ1n) is 6.41. The van der Waals surface area contributed by atoms with Crippen LogP contribution >= 0.6 is 11.6 Å². The highest BCUT2D eigenvalue weighted by Crippen LogP contribution is 2.32. The van der Waals surface area contributed by atoms with Crippen molar-refractivity contribution in [3.63, 3.8) is 0 Å². The molecule has 0 radical (unpaired) electrons. The number of benzene rings is 2. The average molecular weight is 292 g/mol. The van der Waals surface area contributed by atoms with Crippen molar-refractivity contribution in [1.29, 1.82) is 0 Å². The molecule has 106 valence electrons. The van der Waals surface area contributed by atoms with E-state index < -0.39 is 0 Å². The summed E-state index contributed by atoms with van der Waals surface area (Å²) in [5.74, 6) is 0.940. The molecule has 0 aliphatic heterocycles. The lowest BCUT2D eigenvalue weighted by Crippen LogP contribution is -2.07. The van der Waals surface area contributed by atoms with Crippen molar-refractivity contribution in [1.82, 2.24) is 0 Å². The first kappa shape index (κ1) is 14.5. The van der Waals surface area contributed by atoms with Crippen LogP contribution < -0.4 is 10.1 Å². The Balaban J connectivity index is 2.25. The summed E-state index contributed by atoms with van der Waals surface area (Å²) in [6, 6.07) is 10.9. The normalized spacial score (nSPS) is 12.0. The summed E-state index contributed by atoms with van der Waals surface area (Å²) in [4.78, 5) is 0. The summed E-state index contributed by atoms with van der Waals surface area (Å²) >= 11 is 6.21. The van der Waals surface area contributed by atoms with E-state index in [2.05, 4.69) is 5.32 Å². The van der Waals surface area contributed by atoms with Gasteiger partial charge < -0.3 is 15.2 Å². The second kappa shape index (κ2) is 6.06. The lowest BCUT2D eigenvalue weighted by Gasteiger charge is -2.18. The topological polar surface area (TPSA) is 41.5 Å². The molecule has 2 aromatic carbocycles. The summed E-state index contributed by atoms with van der Waals surface area (Å²) in [7, 11) is 1.60. The van der Waals surface area contributed by atoms with Gasteiger partial charge in [-0.3, -0.25) is 0 Å². The van der Waals surface area contributed by atoms with Crippen LogP contribution in [0.1, 0.15) is 24.1 Å². The maximum Gasteiger partial charge on any atom is 0.121 e. The summed E-state index contributed by atoms with van der Waals surface area (Å²) in [6.07, 6.45) is 0. The molecule has 0 aliphatic carbocycles. The Morgan fingerprint density at radius 3 is 2.60 bits per heavy atom. The number of halogens is 1. The van der Waals surface area contributed by atoms with E-state index >= 15 is 0 Å². The van der Waals surface area contributed by atoms with E-state index in [-0.39, 0.29) is 11.8 Å². The quantitative estimate of drug-likeness (QED) is 0.869. The zero-order valence-corrected chi connectivity index (χ0v) is 12.5. The smallest absolute Gasteiger partial charge is 0.121 e. The van der Waals surface area contributed by atoms with E-state index in [0.29, 0.717) is 10.8 Å². The number of nitrogens with one attached hydrogen (secondary N) is 1. The second-order valence-corrected chi connectivity index (χ2v) is 5.18. The molecule has 3 nitrogen and oxygen atoms in total. The van der Waals surface area contributed by atoms with Crippen LogP contribution in [0.25, 0.3) is 0 Å². The fourth-order valence-corrected chi connectivity index (χ4v) is 2.34. The van der Waals surface area contributed by atoms with Gasteiger partial charge in [0.1, 0.15) is 11.5 Å². The molecule has 0 spiro atoms. The van der Waals surface area contributed by atoms with Crippen LogP contribution in [-0.2, 0) is 0 Å². The van der Waals surface area contributed by atoms with Crippen molar-refractivity contribution >= 4 is 17.3 Å². The minimum Gasteiger partial charge on any atom is -0.508 e. The predicted molar refractivity (Wildman–Crippen MR) is 82.9 cm³/mol. The Morgan fingerprint density at radius 2 is 1.95 bits per heavy atom. The molecule has 0 fully saturated rings. The van der Waals surface area contributed by atoms with Gasteiger partial charge in [-0.25, -0.2) is 0 Å². The molecule has 1 unspecified atom stereocenters. The van der Waals surface area contributed by atoms with Gasteiger partial charge in [0.2, 0.25) is 0 Å². The van der Waals surface area contributed by atoms with Crippen LogP contribution in [0.2, 0.25) is 5.02 Å². The lowest BCUT2D eigenvalue weighted by molar-refractivity contribution is 0.410. The molecule has 0 amide bonds. The predicted octanol–water partition coefficient (Wildman–Crippen LogP) is 4.54. The van der Waals surface area contributed by atoms with Crippen LogP contribution in [0.15, 0.2) is 36.4 Å². The van der Waals surface area contributed by atoms with Gasteiger partial charge in [0, 0.05) is 5.56 Å². The molecule has 2 aromatic rings. The van der Waals surface area contributed by atoms with Crippen LogP contribution in [0.3, 0.4) is 0 Å². The summed E-state index contributed by atoms with van der Waals surface area (Å²) in [5, 5.41) is 13.9. The molecule has 0 bridgehead atoms. The molecule has 2 rings (SSSR count). The number of hydrogen-bond donors (Lipinski definition) is 2. The molecule has 0 heterocycles. The Kier molecular flexibility index (Phi) is 4.40. The third-order valence-electron chi connectivity index (χ3n) is 3.20. The molecule has 20 heavy (non-hydrogen) atoms. The third kappa shape index (κ3) is 3.17. The Morgan fingerprint density at radius 1 is 1.20 bits per heavy atom. The second-order valence-electron chi connectivity index (χ2n) is 4.77. The molecule has 0 saturated heterocycles. The Bertz CT molecular complexity index is 613. The van der Waals surface area contributed by atoms with E-state index in [9.17, 15) is 5.11 Å². The summed E-state index contributed by atoms with van der Waals surface area (Å²) < 4.78 is 5.18. The molecule has 0 saturated carbocycles. The van der Waals surface area contributed by atoms with Crippen molar-refractivity contribution in [2.75, 3.05) is 12.4 Å². The van der Waals surface area contributed by atoms with E-state index in [4.69, 9.17) is 16.3 Å². The number of ether oxygens (including phenoxy) is 1. The Labute approximate surface area is 124 Å². The Hall–Kier alpha value is -1.87. The van der Waals surface area contributed by atoms with E-state index in [1.165, 1.54) is 0 Å². The van der Waals surface area contributed by atoms with Gasteiger partial charge in [0.05, 0.1) is 23.9 Å². The highest BCUT2D eigenvalue weighted by Gasteiger charge is 2.13. The molecular formula is C16H18ClNO2. The molecule has 0 aliphatic rings. The fourth-order valence-electron chi connectivity index (χ4n) is 2.05. The summed E-state index contributed by atoms with van der Waals surface area (Å²) in [6.45, 7) is 3.96. The highest BCUT2D eigenvalue weighted by molar-refractivity contribution is 6.33. The van der Waals surface area contributed by atoms with Gasteiger partial charge in [0.15, 0.2) is 0 Å². The minimum absolute atomic E-state index is 0.0923. The third-order valence-corrected chi connectivity index (χ3v) is 3.51. The van der Waals surface area contributed by atoms with Gasteiger partial charge in [-0.15, -0.1) is 0 Å². The van der Waals surface area contributed by atoms with Crippen molar-refractivity contribution in [2.45, 2.75) is 19.9 Å². The lowest BCUT2D eigenvalue weighted by atomic mass is 10.1. The van der Waals surface area contributed by atoms with Crippen LogP contribution in [-0.4, -0.2) is 12.2 Å². The first-order chi connectivity index (χ1) is 9.51. The van der Waals surface area contributed by atoms with Crippen molar-refractivity contribution in [3.8, 4) is 11.5 Å². The number of phenols is 1. The number of hydrogen-bond acceptors (Lipinski definition) is 3. The SMILES string of the molecule is COc1ccc(O)c(C(C)Nc2ccc(C)cc2Cl)c1. The van der Waals surface area contributed by atoms with Crippen molar-refractivity contribution in [3.05, 3.63) is 52.5 Å². The molecule has 4 heteroatoms. The van der Waals surface area contributed by atoms with Gasteiger partial charge in [0.25, 0.3) is 0 Å². The number of rotatable bonds is 4. The number of methoxy groups -OCH3 is 1. The maximum atomic E-state index is 9.96. The van der Waals surface area contributed by atoms with E-state index in [0.717, 1.165) is 16.8 Å². The minimum atomic E-state index is -0.0923. The molecule has 2 N–H and O–H groups in total. The summed E-state index contributed by atoms with van der Waals surface area (Å²) in [5.41, 5.74) is 2.71. The number of phenolic OH excluding ortho intramolecular Hbond substituents is 1. The van der Waals surface area contributed by atoms with Crippen LogP contribution in [0.4, 0.5) is 5.69 Å². The van der Waals surface area contributed by atoms with Gasteiger partial charge in [-0.1, -0.05) is 17.7 Å². The zero-order valence-electron chi connectivity index (χ0n) is 11.8. The van der Waals surface area contributed by atoms with Gasteiger partial charge in [-0.2, -0.15) is 0 Å². The molecule has 0 aromatic heterocycles. The maximum absolute atomic E-state index is 9.96. The average Bonchev–Trinajstić information content (AvgIpc) is 2.42. The van der Waals surface area contributed by atoms with Crippen molar-refractivity contribution in [2.24, 2.45) is 0 Å². The number of aromatic hydroxyl groups is 1. The fraction of sp³-hybridized carbons (Fsp3) is 0.250. The van der Waals surface area contributed by atoms with Crippen LogP contribution in [0, 0.1) is 6.92 Å². The monoisotopic (exact) mass is 291 g/mol. The molecule has 1 atom stereocenters.